The van der Waals surface area contributed by atoms with Crippen molar-refractivity contribution in [1.82, 2.24) is 0 Å². The van der Waals surface area contributed by atoms with Gasteiger partial charge in [-0.05, 0) is 27.2 Å². The van der Waals surface area contributed by atoms with Gasteiger partial charge in [0.25, 0.3) is 0 Å². The molecule has 0 aliphatic carbocycles. The molecule has 0 heterocycles. The smallest absolute Gasteiger partial charge is 0.332 e. The Bertz CT molecular complexity index is 275. The summed E-state index contributed by atoms with van der Waals surface area (Å²) in [5.74, 6) is -0.361. The summed E-state index contributed by atoms with van der Waals surface area (Å²) in [5, 5.41) is 0. The number of hydrogen-bond donors (Lipinski definition) is 0. The molecule has 0 rings (SSSR count). The summed E-state index contributed by atoms with van der Waals surface area (Å²) in [4.78, 5) is 11.4. The van der Waals surface area contributed by atoms with Crippen molar-refractivity contribution in [3.8, 4) is 0 Å². The van der Waals surface area contributed by atoms with Gasteiger partial charge in [-0.1, -0.05) is 19.8 Å². The molecule has 0 fully saturated rings. The summed E-state index contributed by atoms with van der Waals surface area (Å²) in [6, 6.07) is 0. The molecule has 0 aromatic carbocycles. The van der Waals surface area contributed by atoms with Crippen LogP contribution in [-0.2, 0) is 28.5 Å². The molecule has 0 aliphatic rings. The molecule has 0 aromatic heterocycles. The van der Waals surface area contributed by atoms with Crippen LogP contribution in [0.2, 0.25) is 0 Å². The second kappa shape index (κ2) is 14.9. The van der Waals surface area contributed by atoms with Crippen LogP contribution in [0.25, 0.3) is 0 Å². The largest absolute Gasteiger partial charge is 0.458 e. The zero-order valence-electron chi connectivity index (χ0n) is 15.2. The van der Waals surface area contributed by atoms with Crippen LogP contribution in [0, 0.1) is 0 Å². The van der Waals surface area contributed by atoms with Gasteiger partial charge in [0.05, 0.1) is 39.6 Å². The number of unbranched alkanes of at least 4 members (excludes halogenated alkanes) is 2. The Morgan fingerprint density at radius 1 is 0.739 bits per heavy atom. The van der Waals surface area contributed by atoms with Gasteiger partial charge in [-0.25, -0.2) is 4.79 Å². The third-order valence-corrected chi connectivity index (χ3v) is 2.65. The molecule has 0 saturated heterocycles. The van der Waals surface area contributed by atoms with E-state index in [1.165, 1.54) is 12.8 Å². The summed E-state index contributed by atoms with van der Waals surface area (Å²) < 4.78 is 26.4. The first-order valence-electron chi connectivity index (χ1n) is 8.48. The van der Waals surface area contributed by atoms with Crippen molar-refractivity contribution in [1.29, 1.82) is 0 Å². The van der Waals surface area contributed by atoms with Crippen LogP contribution in [0.1, 0.15) is 47.0 Å². The van der Waals surface area contributed by atoms with E-state index in [1.807, 2.05) is 20.8 Å². The van der Waals surface area contributed by atoms with Gasteiger partial charge < -0.3 is 23.7 Å². The molecule has 0 atom stereocenters. The van der Waals surface area contributed by atoms with Gasteiger partial charge in [0.2, 0.25) is 0 Å². The minimum atomic E-state index is -0.478. The maximum absolute atomic E-state index is 11.4. The predicted molar refractivity (Wildman–Crippen MR) is 88.6 cm³/mol. The zero-order valence-corrected chi connectivity index (χ0v) is 15.2. The first-order chi connectivity index (χ1) is 11.0. The van der Waals surface area contributed by atoms with Gasteiger partial charge in [-0.3, -0.25) is 0 Å². The highest BCUT2D eigenvalue weighted by Gasteiger charge is 2.15. The fourth-order valence-corrected chi connectivity index (χ4v) is 1.64. The minimum Gasteiger partial charge on any atom is -0.458 e. The lowest BCUT2D eigenvalue weighted by atomic mass is 10.2. The third-order valence-electron chi connectivity index (χ3n) is 2.65. The molecule has 0 aliphatic heterocycles. The highest BCUT2D eigenvalue weighted by Crippen LogP contribution is 2.06. The molecule has 138 valence electrons. The topological polar surface area (TPSA) is 63.2 Å². The fourth-order valence-electron chi connectivity index (χ4n) is 1.64. The van der Waals surface area contributed by atoms with Crippen LogP contribution < -0.4 is 0 Å². The normalized spacial score (nSPS) is 11.7. The summed E-state index contributed by atoms with van der Waals surface area (Å²) in [6.45, 7) is 11.4. The molecule has 6 heteroatoms. The Morgan fingerprint density at radius 3 is 1.70 bits per heavy atom. The highest BCUT2D eigenvalue weighted by atomic mass is 16.6. The van der Waals surface area contributed by atoms with E-state index in [9.17, 15) is 4.79 Å². The van der Waals surface area contributed by atoms with E-state index in [2.05, 4.69) is 6.92 Å². The maximum Gasteiger partial charge on any atom is 0.332 e. The molecule has 0 N–H and O–H groups in total. The molecule has 0 aromatic rings. The first-order valence-corrected chi connectivity index (χ1v) is 8.48. The average molecular weight is 334 g/mol. The van der Waals surface area contributed by atoms with Gasteiger partial charge in [0, 0.05) is 6.61 Å². The molecule has 6 nitrogen and oxygen atoms in total. The van der Waals surface area contributed by atoms with Crippen molar-refractivity contribution >= 4 is 5.97 Å². The van der Waals surface area contributed by atoms with Gasteiger partial charge >= 0.3 is 5.97 Å². The number of rotatable bonds is 15. The van der Waals surface area contributed by atoms with Crippen LogP contribution in [-0.4, -0.2) is 64.4 Å². The molecule has 23 heavy (non-hydrogen) atoms. The predicted octanol–water partition coefficient (Wildman–Crippen LogP) is 2.58. The Balaban J connectivity index is 3.15. The monoisotopic (exact) mass is 334 g/mol. The average Bonchev–Trinajstić information content (AvgIpc) is 2.46. The van der Waals surface area contributed by atoms with Gasteiger partial charge in [0.1, 0.15) is 12.2 Å². The second-order valence-corrected chi connectivity index (χ2v) is 6.18. The van der Waals surface area contributed by atoms with E-state index in [-0.39, 0.29) is 12.6 Å². The molecular weight excluding hydrogens is 300 g/mol. The lowest BCUT2D eigenvalue weighted by Gasteiger charge is -2.19. The quantitative estimate of drug-likeness (QED) is 0.339. The zero-order chi connectivity index (χ0) is 17.4. The van der Waals surface area contributed by atoms with Crippen molar-refractivity contribution < 1.29 is 28.5 Å². The second-order valence-electron chi connectivity index (χ2n) is 6.18. The first kappa shape index (κ1) is 22.3. The summed E-state index contributed by atoms with van der Waals surface area (Å²) in [6.07, 6.45) is 3.53. The number of esters is 1. The van der Waals surface area contributed by atoms with Crippen LogP contribution in [0.4, 0.5) is 0 Å². The van der Waals surface area contributed by atoms with Crippen molar-refractivity contribution in [2.24, 2.45) is 0 Å². The lowest BCUT2D eigenvalue weighted by Crippen LogP contribution is -2.27. The molecule has 0 spiro atoms. The van der Waals surface area contributed by atoms with Crippen LogP contribution in [0.5, 0.6) is 0 Å². The number of carbonyl (C=O) groups is 1. The van der Waals surface area contributed by atoms with Crippen molar-refractivity contribution in [2.45, 2.75) is 52.6 Å². The minimum absolute atomic E-state index is 0.0491. The van der Waals surface area contributed by atoms with Crippen molar-refractivity contribution in [2.75, 3.05) is 52.9 Å². The van der Waals surface area contributed by atoms with Gasteiger partial charge in [0.15, 0.2) is 0 Å². The molecule has 0 radical (unpaired) electrons. The summed E-state index contributed by atoms with van der Waals surface area (Å²) in [7, 11) is 0. The maximum atomic E-state index is 11.4. The SMILES string of the molecule is CCCCCOCCOCCOCCOCC(=O)OC(C)(C)C. The summed E-state index contributed by atoms with van der Waals surface area (Å²) >= 11 is 0. The Labute approximate surface area is 140 Å². The summed E-state index contributed by atoms with van der Waals surface area (Å²) in [5.41, 5.74) is -0.478. The Morgan fingerprint density at radius 2 is 1.22 bits per heavy atom. The number of ether oxygens (including phenoxy) is 5. The standard InChI is InChI=1S/C17H34O6/c1-5-6-7-8-19-9-10-20-11-12-21-13-14-22-15-16(18)23-17(2,3)4/h5-15H2,1-4H3. The molecule has 0 saturated carbocycles. The molecule has 0 amide bonds. The Hall–Kier alpha value is -0.690. The third kappa shape index (κ3) is 19.3. The van der Waals surface area contributed by atoms with E-state index >= 15 is 0 Å². The van der Waals surface area contributed by atoms with E-state index in [4.69, 9.17) is 23.7 Å². The van der Waals surface area contributed by atoms with E-state index in [0.29, 0.717) is 39.6 Å². The van der Waals surface area contributed by atoms with E-state index in [1.54, 1.807) is 0 Å². The molecule has 0 bridgehead atoms. The van der Waals surface area contributed by atoms with E-state index < -0.39 is 5.60 Å². The lowest BCUT2D eigenvalue weighted by molar-refractivity contribution is -0.160. The number of carbonyl (C=O) groups excluding carboxylic acids is 1. The highest BCUT2D eigenvalue weighted by molar-refractivity contribution is 5.71. The van der Waals surface area contributed by atoms with Crippen LogP contribution in [0.15, 0.2) is 0 Å². The van der Waals surface area contributed by atoms with Crippen LogP contribution >= 0.6 is 0 Å². The fraction of sp³-hybridized carbons (Fsp3) is 0.941. The molecule has 0 unspecified atom stereocenters. The van der Waals surface area contributed by atoms with Gasteiger partial charge in [-0.2, -0.15) is 0 Å². The van der Waals surface area contributed by atoms with Gasteiger partial charge in [-0.15, -0.1) is 0 Å². The van der Waals surface area contributed by atoms with Crippen LogP contribution in [0.3, 0.4) is 0 Å². The van der Waals surface area contributed by atoms with Crippen molar-refractivity contribution in [3.05, 3.63) is 0 Å². The van der Waals surface area contributed by atoms with E-state index in [0.717, 1.165) is 13.0 Å². The Kier molecular flexibility index (Phi) is 14.4. The number of hydrogen-bond acceptors (Lipinski definition) is 6. The molecular formula is C17H34O6. The van der Waals surface area contributed by atoms with Crippen molar-refractivity contribution in [3.63, 3.8) is 0 Å².